The number of amides is 9. The lowest BCUT2D eigenvalue weighted by Gasteiger charge is -2.38. The second-order valence-electron chi connectivity index (χ2n) is 25.4. The molecule has 2 heterocycles. The molecule has 25 heteroatoms. The van der Waals surface area contributed by atoms with Crippen LogP contribution in [0.15, 0.2) is 72.1 Å². The van der Waals surface area contributed by atoms with E-state index >= 15 is 0 Å². The van der Waals surface area contributed by atoms with Crippen molar-refractivity contribution < 1.29 is 71.8 Å². The molecule has 0 saturated carbocycles. The molecular weight excluding hydrogens is 1180 g/mol. The van der Waals surface area contributed by atoms with Gasteiger partial charge in [-0.25, -0.2) is 9.78 Å². The van der Waals surface area contributed by atoms with Gasteiger partial charge in [-0.1, -0.05) is 111 Å². The number of aromatic nitrogens is 1. The Morgan fingerprint density at radius 2 is 1.41 bits per heavy atom. The summed E-state index contributed by atoms with van der Waals surface area (Å²) < 4.78 is 11.4. The number of nitrogens with one attached hydrogen (secondary N) is 6. The first-order valence-corrected chi connectivity index (χ1v) is 31.7. The topological polar surface area (TPSA) is 318 Å². The van der Waals surface area contributed by atoms with Crippen molar-refractivity contribution in [1.29, 1.82) is 0 Å². The predicted octanol–water partition coefficient (Wildman–Crippen LogP) is 6.45. The van der Waals surface area contributed by atoms with Gasteiger partial charge in [0.25, 0.3) is 23.6 Å². The molecule has 494 valence electrons. The highest BCUT2D eigenvalue weighted by Gasteiger charge is 2.40. The van der Waals surface area contributed by atoms with Gasteiger partial charge in [-0.2, -0.15) is 0 Å². The zero-order valence-electron chi connectivity index (χ0n) is 54.8. The van der Waals surface area contributed by atoms with Crippen LogP contribution in [0.25, 0.3) is 0 Å². The van der Waals surface area contributed by atoms with Gasteiger partial charge >= 0.3 is 18.0 Å². The Morgan fingerprint density at radius 1 is 0.778 bits per heavy atom. The zero-order valence-corrected chi connectivity index (χ0v) is 55.6. The quantitative estimate of drug-likeness (QED) is 0.0192. The number of alkyl carbamates (subject to hydrolysis) is 1. The van der Waals surface area contributed by atoms with Crippen molar-refractivity contribution in [2.75, 3.05) is 39.0 Å². The fourth-order valence-electron chi connectivity index (χ4n) is 10.4. The van der Waals surface area contributed by atoms with E-state index in [0.717, 1.165) is 47.5 Å². The Labute approximate surface area is 533 Å². The zero-order chi connectivity index (χ0) is 67.4. The van der Waals surface area contributed by atoms with Crippen LogP contribution >= 0.6 is 11.3 Å². The van der Waals surface area contributed by atoms with Gasteiger partial charge in [0.1, 0.15) is 47.0 Å². The van der Waals surface area contributed by atoms with E-state index in [-0.39, 0.29) is 53.2 Å². The molecule has 0 spiro atoms. The summed E-state index contributed by atoms with van der Waals surface area (Å²) in [4.78, 5) is 153. The van der Waals surface area contributed by atoms with E-state index in [9.17, 15) is 57.8 Å². The summed E-state index contributed by atoms with van der Waals surface area (Å²) in [5, 5.41) is 28.1. The average Bonchev–Trinajstić information content (AvgIpc) is 2.32. The van der Waals surface area contributed by atoms with E-state index in [1.165, 1.54) is 13.8 Å². The van der Waals surface area contributed by atoms with Gasteiger partial charge in [0.2, 0.25) is 23.6 Å². The number of nitrogens with zero attached hydrogens (tertiary/aromatic N) is 4. The number of carboxylic acids is 1. The van der Waals surface area contributed by atoms with E-state index in [0.29, 0.717) is 41.5 Å². The molecule has 0 bridgehead atoms. The van der Waals surface area contributed by atoms with Crippen LogP contribution in [0, 0.1) is 23.7 Å². The van der Waals surface area contributed by atoms with Crippen LogP contribution in [0.5, 0.6) is 0 Å². The molecule has 1 aromatic heterocycles. The second-order valence-corrected chi connectivity index (χ2v) is 26.3. The Kier molecular flexibility index (Phi) is 28.3. The van der Waals surface area contributed by atoms with Crippen LogP contribution in [0.3, 0.4) is 0 Å². The number of ether oxygens (including phenoxy) is 2. The molecule has 0 radical (unpaired) electrons. The highest BCUT2D eigenvalue weighted by atomic mass is 32.1. The second kappa shape index (κ2) is 34.2. The third-order valence-electron chi connectivity index (χ3n) is 15.6. The number of aliphatic carboxylic acids is 1. The van der Waals surface area contributed by atoms with Gasteiger partial charge < -0.3 is 55.9 Å². The first-order chi connectivity index (χ1) is 42.1. The van der Waals surface area contributed by atoms with Crippen molar-refractivity contribution in [3.8, 4) is 0 Å². The maximum absolute atomic E-state index is 14.8. The molecule has 0 saturated heterocycles. The highest BCUT2D eigenvalue weighted by Crippen LogP contribution is 2.31. The summed E-state index contributed by atoms with van der Waals surface area (Å²) in [7, 11) is 3.64. The van der Waals surface area contributed by atoms with Gasteiger partial charge in [-0.3, -0.25) is 52.8 Å². The van der Waals surface area contributed by atoms with Crippen molar-refractivity contribution in [3.63, 3.8) is 0 Å². The normalized spacial score (nSPS) is 16.0. The number of carboxylic acid groups (broad SMARTS) is 1. The standard InChI is InChI=1S/C65H94N10O14S/c1-16-18-30-75(15,35-45-24-26-46(27-25-45)68-57(80)42(9)67-60(83)55(39(5)6)72-59(82)50(74-53(78)28-29-54(74)79)34-66-64(87)89-65(11,12)13)36-52(77)71-56(40(7)17-2)62(84)73(14)49(38(3)4)33-51(88-43(10)76)61-70-48(37-90-61)58(81)69-47(31-41(8)63(85)86)32-44-22-20-19-21-23-44/h19-29,37-42,47,49-51,55-56H,16-18,30-36H2,1-15H3,(H6-,66,67,68,69,71,72,77,80,81,82,83,85,86,87)/p+1/t40-,41-,42-,47+,49+,50-,51+,55?,56-,75?/m0/s1. The van der Waals surface area contributed by atoms with Gasteiger partial charge in [0, 0.05) is 61.3 Å². The lowest BCUT2D eigenvalue weighted by atomic mass is 9.93. The third kappa shape index (κ3) is 23.1. The number of rotatable bonds is 34. The molecule has 0 fully saturated rings. The maximum atomic E-state index is 14.8. The number of unbranched alkanes of at least 4 members (excludes halogenated alkanes) is 1. The highest BCUT2D eigenvalue weighted by molar-refractivity contribution is 7.09. The summed E-state index contributed by atoms with van der Waals surface area (Å²) >= 11 is 1.13. The Morgan fingerprint density at radius 3 is 1.97 bits per heavy atom. The van der Waals surface area contributed by atoms with Crippen LogP contribution in [0.2, 0.25) is 0 Å². The van der Waals surface area contributed by atoms with E-state index < -0.39 is 120 Å². The van der Waals surface area contributed by atoms with Gasteiger partial charge in [-0.05, 0) is 82.4 Å². The third-order valence-corrected chi connectivity index (χ3v) is 16.5. The molecule has 7 N–H and O–H groups in total. The lowest BCUT2D eigenvalue weighted by Crippen LogP contribution is -2.60. The minimum atomic E-state index is -1.54. The molecule has 10 atom stereocenters. The molecule has 24 nitrogen and oxygen atoms in total. The Balaban J connectivity index is 1.43. The van der Waals surface area contributed by atoms with E-state index in [4.69, 9.17) is 9.47 Å². The number of carbonyl (C=O) groups is 11. The van der Waals surface area contributed by atoms with Crippen molar-refractivity contribution in [1.82, 2.24) is 41.4 Å². The molecule has 2 aromatic carbocycles. The lowest BCUT2D eigenvalue weighted by molar-refractivity contribution is -0.915. The van der Waals surface area contributed by atoms with Gasteiger partial charge in [0.05, 0.1) is 26.1 Å². The molecular formula is C65H95N10O14S+. The average molecular weight is 1270 g/mol. The van der Waals surface area contributed by atoms with Crippen LogP contribution in [-0.4, -0.2) is 165 Å². The predicted molar refractivity (Wildman–Crippen MR) is 340 cm³/mol. The van der Waals surface area contributed by atoms with E-state index in [2.05, 4.69) is 43.8 Å². The molecule has 2 unspecified atom stereocenters. The SMILES string of the molecule is CCCC[N+](C)(CC(=O)N[C@H](C(=O)N(C)[C@H](C[C@@H](OC(C)=O)c1nc(C(=O)N[C@@H](Cc2ccccc2)C[C@H](C)C(=O)O)cs1)C(C)C)[C@@H](C)CC)Cc1ccc(NC(=O)[C@H](C)NC(=O)C(NC(=O)[C@H](CNC(=O)OC(C)(C)C)N2C(=O)C=CC2=O)C(C)C)cc1. The van der Waals surface area contributed by atoms with E-state index in [1.807, 2.05) is 77.2 Å². The number of hydrogen-bond donors (Lipinski definition) is 7. The number of anilines is 1. The van der Waals surface area contributed by atoms with Gasteiger partial charge in [0.15, 0.2) is 12.6 Å². The van der Waals surface area contributed by atoms with Crippen molar-refractivity contribution in [2.24, 2.45) is 23.7 Å². The fourth-order valence-corrected chi connectivity index (χ4v) is 11.2. The van der Waals surface area contributed by atoms with Crippen molar-refractivity contribution >= 4 is 82.3 Å². The minimum absolute atomic E-state index is 0.0282. The molecule has 3 aromatic rings. The molecule has 0 aliphatic carbocycles. The minimum Gasteiger partial charge on any atom is -0.481 e. The summed E-state index contributed by atoms with van der Waals surface area (Å²) in [6.45, 7) is 22.9. The number of carbonyl (C=O) groups excluding carboxylic acids is 10. The molecule has 1 aliphatic heterocycles. The van der Waals surface area contributed by atoms with Crippen LogP contribution < -0.4 is 31.9 Å². The first-order valence-electron chi connectivity index (χ1n) is 30.8. The maximum Gasteiger partial charge on any atom is 0.407 e. The van der Waals surface area contributed by atoms with Crippen molar-refractivity contribution in [3.05, 3.63) is 94.0 Å². The number of imide groups is 1. The van der Waals surface area contributed by atoms with Gasteiger partial charge in [-0.15, -0.1) is 11.3 Å². The number of quaternary nitrogens is 1. The van der Waals surface area contributed by atoms with E-state index in [1.54, 1.807) is 71.0 Å². The summed E-state index contributed by atoms with van der Waals surface area (Å²) in [6.07, 6.45) is 3.06. The van der Waals surface area contributed by atoms with Crippen LogP contribution in [0.1, 0.15) is 155 Å². The first kappa shape index (κ1) is 74.4. The number of hydrogen-bond acceptors (Lipinski definition) is 15. The number of benzene rings is 2. The largest absolute Gasteiger partial charge is 0.481 e. The Bertz CT molecular complexity index is 3000. The smallest absolute Gasteiger partial charge is 0.407 e. The van der Waals surface area contributed by atoms with Crippen LogP contribution in [0.4, 0.5) is 10.5 Å². The summed E-state index contributed by atoms with van der Waals surface area (Å²) in [6, 6.07) is 10.6. The number of likely N-dealkylation sites (N-methyl/N-ethyl adjacent to an activating group) is 2. The molecule has 90 heavy (non-hydrogen) atoms. The Hall–Kier alpha value is -8.06. The van der Waals surface area contributed by atoms with Crippen molar-refractivity contribution in [2.45, 2.75) is 183 Å². The molecule has 4 rings (SSSR count). The fraction of sp³-hybridized carbons (Fsp3) is 0.569. The summed E-state index contributed by atoms with van der Waals surface area (Å²) in [5.74, 6) is -8.24. The monoisotopic (exact) mass is 1270 g/mol. The van der Waals surface area contributed by atoms with Crippen LogP contribution in [-0.2, 0) is 65.6 Å². The molecule has 1 aliphatic rings. The molecule has 9 amide bonds. The number of esters is 1. The summed E-state index contributed by atoms with van der Waals surface area (Å²) in [5.41, 5.74) is 1.38. The number of thiazole rings is 1.